The van der Waals surface area contributed by atoms with Crippen LogP contribution in [0.4, 0.5) is 5.82 Å². The Labute approximate surface area is 185 Å². The van der Waals surface area contributed by atoms with Gasteiger partial charge >= 0.3 is 0 Å². The summed E-state index contributed by atoms with van der Waals surface area (Å²) in [4.78, 5) is 24.2. The van der Waals surface area contributed by atoms with Crippen molar-refractivity contribution in [3.63, 3.8) is 0 Å². The number of aromatic nitrogens is 4. The molecule has 0 bridgehead atoms. The Morgan fingerprint density at radius 1 is 1.16 bits per heavy atom. The molecule has 0 aliphatic heterocycles. The Morgan fingerprint density at radius 2 is 2.00 bits per heavy atom. The fourth-order valence-corrected chi connectivity index (χ4v) is 4.75. The van der Waals surface area contributed by atoms with Crippen molar-refractivity contribution in [3.8, 4) is 0 Å². The first-order valence-corrected chi connectivity index (χ1v) is 10.8. The summed E-state index contributed by atoms with van der Waals surface area (Å²) in [5.41, 5.74) is 2.69. The second-order valence-electron chi connectivity index (χ2n) is 8.51. The number of aryl methyl sites for hydroxylation is 1. The maximum atomic E-state index is 11.3. The van der Waals surface area contributed by atoms with Crippen LogP contribution in [0.5, 0.6) is 0 Å². The van der Waals surface area contributed by atoms with E-state index in [1.165, 1.54) is 13.3 Å². The van der Waals surface area contributed by atoms with E-state index in [9.17, 15) is 15.0 Å². The molecule has 1 amide bonds. The largest absolute Gasteiger partial charge is 0.390 e. The molecule has 1 aliphatic carbocycles. The van der Waals surface area contributed by atoms with Crippen molar-refractivity contribution in [2.24, 2.45) is 5.92 Å². The van der Waals surface area contributed by atoms with Gasteiger partial charge in [-0.1, -0.05) is 12.1 Å². The molecule has 4 atom stereocenters. The topological polar surface area (TPSA) is 113 Å². The van der Waals surface area contributed by atoms with Crippen molar-refractivity contribution in [1.82, 2.24) is 19.5 Å². The van der Waals surface area contributed by atoms with Crippen molar-refractivity contribution in [1.29, 1.82) is 0 Å². The van der Waals surface area contributed by atoms with E-state index < -0.39 is 12.2 Å². The van der Waals surface area contributed by atoms with Crippen molar-refractivity contribution in [2.75, 3.05) is 5.32 Å². The summed E-state index contributed by atoms with van der Waals surface area (Å²) in [6.07, 6.45) is 5.71. The van der Waals surface area contributed by atoms with Crippen molar-refractivity contribution in [3.05, 3.63) is 60.7 Å². The third-order valence-electron chi connectivity index (χ3n) is 6.37. The summed E-state index contributed by atoms with van der Waals surface area (Å²) < 4.78 is 1.95. The van der Waals surface area contributed by atoms with Crippen LogP contribution < -0.4 is 5.32 Å². The van der Waals surface area contributed by atoms with E-state index in [0.29, 0.717) is 12.2 Å². The molecule has 3 N–H and O–H groups in total. The first kappa shape index (κ1) is 20.5. The van der Waals surface area contributed by atoms with Crippen LogP contribution in [0.2, 0.25) is 0 Å². The molecule has 3 heterocycles. The number of hydrogen-bond acceptors (Lipinski definition) is 6. The summed E-state index contributed by atoms with van der Waals surface area (Å²) in [7, 11) is 0. The lowest BCUT2D eigenvalue weighted by Gasteiger charge is -2.18. The minimum atomic E-state index is -0.843. The number of fused-ring (bicyclic) bond motifs is 2. The Kier molecular flexibility index (Phi) is 5.32. The van der Waals surface area contributed by atoms with Gasteiger partial charge < -0.3 is 20.1 Å². The van der Waals surface area contributed by atoms with Gasteiger partial charge in [0, 0.05) is 30.1 Å². The molecule has 0 saturated heterocycles. The molecule has 0 radical (unpaired) electrons. The highest BCUT2D eigenvalue weighted by Gasteiger charge is 2.42. The van der Waals surface area contributed by atoms with Gasteiger partial charge in [-0.15, -0.1) is 0 Å². The number of anilines is 1. The fourth-order valence-electron chi connectivity index (χ4n) is 4.75. The normalized spacial score (nSPS) is 23.1. The van der Waals surface area contributed by atoms with Crippen LogP contribution in [0.3, 0.4) is 0 Å². The molecule has 32 heavy (non-hydrogen) atoms. The minimum absolute atomic E-state index is 0.0244. The summed E-state index contributed by atoms with van der Waals surface area (Å²) in [5, 5.41) is 26.1. The maximum Gasteiger partial charge on any atom is 0.222 e. The number of nitrogens with zero attached hydrogens (tertiary/aromatic N) is 4. The van der Waals surface area contributed by atoms with Crippen LogP contribution in [-0.4, -0.2) is 47.8 Å². The molecule has 3 aromatic heterocycles. The van der Waals surface area contributed by atoms with E-state index in [4.69, 9.17) is 0 Å². The number of carbonyl (C=O) groups is 1. The molecule has 0 spiro atoms. The van der Waals surface area contributed by atoms with Gasteiger partial charge in [0.2, 0.25) is 5.91 Å². The van der Waals surface area contributed by atoms with E-state index in [-0.39, 0.29) is 17.9 Å². The van der Waals surface area contributed by atoms with Gasteiger partial charge in [-0.3, -0.25) is 4.79 Å². The quantitative estimate of drug-likeness (QED) is 0.448. The molecule has 4 aromatic rings. The Hall–Kier alpha value is -3.36. The average molecular weight is 431 g/mol. The highest BCUT2D eigenvalue weighted by molar-refractivity contribution is 5.89. The molecule has 8 nitrogen and oxygen atoms in total. The summed E-state index contributed by atoms with van der Waals surface area (Å²) in [6, 6.07) is 11.5. The van der Waals surface area contributed by atoms with E-state index >= 15 is 0 Å². The number of rotatable bonds is 5. The molecule has 164 valence electrons. The van der Waals surface area contributed by atoms with E-state index in [0.717, 1.165) is 40.3 Å². The number of nitrogens with one attached hydrogen (secondary N) is 1. The molecule has 1 aliphatic rings. The molecule has 1 aromatic carbocycles. The number of hydrogen-bond donors (Lipinski definition) is 3. The third kappa shape index (κ3) is 3.83. The SMILES string of the molecule is CC(=O)Nc1ccc2ccc(CC[C@H]3C[C@@H](n4ccc5cncnc54)[C@H](O)[C@@H]3O)cc2n1. The highest BCUT2D eigenvalue weighted by Crippen LogP contribution is 2.39. The Morgan fingerprint density at radius 3 is 2.84 bits per heavy atom. The van der Waals surface area contributed by atoms with E-state index in [1.807, 2.05) is 35.0 Å². The molecule has 1 fully saturated rings. The van der Waals surface area contributed by atoms with Gasteiger partial charge in [0.15, 0.2) is 0 Å². The molecule has 1 saturated carbocycles. The monoisotopic (exact) mass is 431 g/mol. The minimum Gasteiger partial charge on any atom is -0.390 e. The number of aliphatic hydroxyl groups is 2. The number of amides is 1. The van der Waals surface area contributed by atoms with Crippen LogP contribution in [0.15, 0.2) is 55.1 Å². The lowest BCUT2D eigenvalue weighted by molar-refractivity contribution is -0.114. The van der Waals surface area contributed by atoms with Gasteiger partial charge in [-0.25, -0.2) is 15.0 Å². The molecule has 0 unspecified atom stereocenters. The molecule has 8 heteroatoms. The van der Waals surface area contributed by atoms with Gasteiger partial charge in [-0.2, -0.15) is 0 Å². The number of aliphatic hydroxyl groups excluding tert-OH is 2. The fraction of sp³-hybridized carbons (Fsp3) is 0.333. The predicted octanol–water partition coefficient (Wildman–Crippen LogP) is 2.85. The lowest BCUT2D eigenvalue weighted by Crippen LogP contribution is -2.29. The van der Waals surface area contributed by atoms with Gasteiger partial charge in [0.25, 0.3) is 0 Å². The predicted molar refractivity (Wildman–Crippen MR) is 121 cm³/mol. The first-order valence-electron chi connectivity index (χ1n) is 10.8. The zero-order chi connectivity index (χ0) is 22.2. The van der Waals surface area contributed by atoms with Gasteiger partial charge in [-0.05, 0) is 55.0 Å². The zero-order valence-electron chi connectivity index (χ0n) is 17.7. The second kappa shape index (κ2) is 8.29. The Bertz CT molecular complexity index is 1290. The maximum absolute atomic E-state index is 11.3. The van der Waals surface area contributed by atoms with Crippen LogP contribution >= 0.6 is 0 Å². The number of benzene rings is 1. The average Bonchev–Trinajstić information content (AvgIpc) is 3.33. The highest BCUT2D eigenvalue weighted by atomic mass is 16.3. The number of carbonyl (C=O) groups excluding carboxylic acids is 1. The van der Waals surface area contributed by atoms with Crippen LogP contribution in [0, 0.1) is 5.92 Å². The summed E-state index contributed by atoms with van der Waals surface area (Å²) in [6.45, 7) is 1.46. The van der Waals surface area contributed by atoms with Crippen molar-refractivity contribution < 1.29 is 15.0 Å². The first-order chi connectivity index (χ1) is 15.5. The molecular formula is C24H25N5O3. The standard InChI is InChI=1S/C24H25N5O3/c1-14(30)27-21-7-6-16-4-2-15(10-19(16)28-21)3-5-17-11-20(23(32)22(17)31)29-9-8-18-12-25-13-26-24(18)29/h2,4,6-10,12-13,17,20,22-23,31-32H,3,5,11H2,1H3,(H,27,28,30)/t17-,20+,22+,23-/m0/s1. The smallest absolute Gasteiger partial charge is 0.222 e. The lowest BCUT2D eigenvalue weighted by atomic mass is 9.95. The number of pyridine rings is 1. The van der Waals surface area contributed by atoms with Gasteiger partial charge in [0.1, 0.15) is 23.9 Å². The van der Waals surface area contributed by atoms with Crippen LogP contribution in [0.1, 0.15) is 31.4 Å². The summed E-state index contributed by atoms with van der Waals surface area (Å²) >= 11 is 0. The molecular weight excluding hydrogens is 406 g/mol. The van der Waals surface area contributed by atoms with E-state index in [1.54, 1.807) is 12.3 Å². The zero-order valence-corrected chi connectivity index (χ0v) is 17.7. The van der Waals surface area contributed by atoms with Crippen molar-refractivity contribution >= 4 is 33.7 Å². The summed E-state index contributed by atoms with van der Waals surface area (Å²) in [5.74, 6) is 0.351. The van der Waals surface area contributed by atoms with E-state index in [2.05, 4.69) is 26.3 Å². The van der Waals surface area contributed by atoms with Crippen LogP contribution in [-0.2, 0) is 11.2 Å². The Balaban J connectivity index is 1.31. The second-order valence-corrected chi connectivity index (χ2v) is 8.51. The third-order valence-corrected chi connectivity index (χ3v) is 6.37. The molecule has 5 rings (SSSR count). The van der Waals surface area contributed by atoms with Crippen molar-refractivity contribution in [2.45, 2.75) is 44.4 Å². The van der Waals surface area contributed by atoms with Crippen LogP contribution in [0.25, 0.3) is 21.9 Å². The van der Waals surface area contributed by atoms with Gasteiger partial charge in [0.05, 0.1) is 17.7 Å².